The molecule has 1 amide bonds. The van der Waals surface area contributed by atoms with Crippen LogP contribution in [-0.2, 0) is 9.53 Å². The second kappa shape index (κ2) is 6.00. The number of nitrogens with one attached hydrogen (secondary N) is 2. The number of aliphatic carboxylic acids is 1. The molecule has 1 aliphatic heterocycles. The van der Waals surface area contributed by atoms with E-state index < -0.39 is 17.4 Å². The summed E-state index contributed by atoms with van der Waals surface area (Å²) < 4.78 is 18.5. The molecule has 0 unspecified atom stereocenters. The molecule has 1 aromatic heterocycles. The Morgan fingerprint density at radius 3 is 2.74 bits per heavy atom. The molecule has 0 atom stereocenters. The van der Waals surface area contributed by atoms with Crippen molar-refractivity contribution in [1.29, 1.82) is 0 Å². The van der Waals surface area contributed by atoms with Gasteiger partial charge in [-0.05, 0) is 37.1 Å². The normalized spacial score (nSPS) is 17.1. The molecule has 2 heterocycles. The summed E-state index contributed by atoms with van der Waals surface area (Å²) in [7, 11) is 0. The number of rotatable bonds is 4. The number of amides is 1. The summed E-state index contributed by atoms with van der Waals surface area (Å²) in [5, 5.41) is 12.5. The zero-order valence-corrected chi connectivity index (χ0v) is 12.4. The van der Waals surface area contributed by atoms with E-state index in [-0.39, 0.29) is 17.9 Å². The third kappa shape index (κ3) is 3.34. The van der Waals surface area contributed by atoms with Crippen molar-refractivity contribution >= 4 is 22.8 Å². The Bertz CT molecular complexity index is 750. The minimum absolute atomic E-state index is 0.156. The fourth-order valence-corrected chi connectivity index (χ4v) is 2.93. The van der Waals surface area contributed by atoms with Crippen molar-refractivity contribution in [2.45, 2.75) is 24.8 Å². The Balaban J connectivity index is 1.83. The number of halogens is 1. The molecule has 6 nitrogen and oxygen atoms in total. The van der Waals surface area contributed by atoms with E-state index in [0.29, 0.717) is 37.0 Å². The third-order valence-electron chi connectivity index (χ3n) is 4.15. The van der Waals surface area contributed by atoms with Gasteiger partial charge in [0.25, 0.3) is 5.91 Å². The SMILES string of the molecule is O=C(O)CC1(NC(=O)c2cc3cc(F)ccc3[nH]2)CCOCC1. The van der Waals surface area contributed by atoms with Crippen molar-refractivity contribution in [2.24, 2.45) is 0 Å². The summed E-state index contributed by atoms with van der Waals surface area (Å²) in [6.07, 6.45) is 0.733. The summed E-state index contributed by atoms with van der Waals surface area (Å²) >= 11 is 0. The lowest BCUT2D eigenvalue weighted by Crippen LogP contribution is -2.53. The van der Waals surface area contributed by atoms with Gasteiger partial charge in [0, 0.05) is 24.1 Å². The third-order valence-corrected chi connectivity index (χ3v) is 4.15. The molecule has 1 fully saturated rings. The summed E-state index contributed by atoms with van der Waals surface area (Å²) in [6.45, 7) is 0.816. The van der Waals surface area contributed by atoms with Crippen LogP contribution in [0.15, 0.2) is 24.3 Å². The number of carbonyl (C=O) groups excluding carboxylic acids is 1. The highest BCUT2D eigenvalue weighted by molar-refractivity contribution is 5.98. The quantitative estimate of drug-likeness (QED) is 0.804. The van der Waals surface area contributed by atoms with Crippen LogP contribution in [0.3, 0.4) is 0 Å². The molecule has 3 rings (SSSR count). The molecule has 2 aromatic rings. The van der Waals surface area contributed by atoms with Gasteiger partial charge in [-0.25, -0.2) is 4.39 Å². The Morgan fingerprint density at radius 2 is 2.04 bits per heavy atom. The first-order chi connectivity index (χ1) is 11.0. The lowest BCUT2D eigenvalue weighted by Gasteiger charge is -2.36. The smallest absolute Gasteiger partial charge is 0.305 e. The molecule has 122 valence electrons. The van der Waals surface area contributed by atoms with Gasteiger partial charge in [0.2, 0.25) is 0 Å². The van der Waals surface area contributed by atoms with Crippen LogP contribution in [0.2, 0.25) is 0 Å². The first kappa shape index (κ1) is 15.5. The number of carbonyl (C=O) groups is 2. The Kier molecular flexibility index (Phi) is 4.04. The highest BCUT2D eigenvalue weighted by Crippen LogP contribution is 2.26. The number of aromatic amines is 1. The Hall–Kier alpha value is -2.41. The molecule has 0 radical (unpaired) electrons. The topological polar surface area (TPSA) is 91.4 Å². The van der Waals surface area contributed by atoms with Crippen molar-refractivity contribution in [1.82, 2.24) is 10.3 Å². The zero-order chi connectivity index (χ0) is 16.4. The standard InChI is InChI=1S/C16H17FN2O4/c17-11-1-2-12-10(7-11)8-13(18-12)15(22)19-16(9-14(20)21)3-5-23-6-4-16/h1-2,7-8,18H,3-6,9H2,(H,19,22)(H,20,21). The number of ether oxygens (including phenoxy) is 1. The van der Waals surface area contributed by atoms with Crippen molar-refractivity contribution < 1.29 is 23.8 Å². The van der Waals surface area contributed by atoms with Crippen molar-refractivity contribution in [3.05, 3.63) is 35.8 Å². The number of aromatic nitrogens is 1. The van der Waals surface area contributed by atoms with Crippen LogP contribution in [0.1, 0.15) is 29.8 Å². The maximum Gasteiger partial charge on any atom is 0.305 e. The van der Waals surface area contributed by atoms with Gasteiger partial charge in [-0.3, -0.25) is 9.59 Å². The van der Waals surface area contributed by atoms with Gasteiger partial charge in [-0.1, -0.05) is 0 Å². The van der Waals surface area contributed by atoms with Gasteiger partial charge >= 0.3 is 5.97 Å². The van der Waals surface area contributed by atoms with Gasteiger partial charge in [0.15, 0.2) is 0 Å². The van der Waals surface area contributed by atoms with E-state index in [9.17, 15) is 14.0 Å². The van der Waals surface area contributed by atoms with E-state index in [4.69, 9.17) is 9.84 Å². The molecular formula is C16H17FN2O4. The molecule has 0 saturated carbocycles. The maximum absolute atomic E-state index is 13.2. The molecule has 0 spiro atoms. The first-order valence-corrected chi connectivity index (χ1v) is 7.38. The lowest BCUT2D eigenvalue weighted by molar-refractivity contribution is -0.139. The Labute approximate surface area is 131 Å². The van der Waals surface area contributed by atoms with Crippen molar-refractivity contribution in [2.75, 3.05) is 13.2 Å². The highest BCUT2D eigenvalue weighted by atomic mass is 19.1. The second-order valence-corrected chi connectivity index (χ2v) is 5.83. The van der Waals surface area contributed by atoms with Gasteiger partial charge < -0.3 is 20.1 Å². The molecule has 1 saturated heterocycles. The molecule has 0 bridgehead atoms. The van der Waals surface area contributed by atoms with Crippen LogP contribution in [-0.4, -0.2) is 40.7 Å². The summed E-state index contributed by atoms with van der Waals surface area (Å²) in [5.74, 6) is -1.74. The number of fused-ring (bicyclic) bond motifs is 1. The monoisotopic (exact) mass is 320 g/mol. The average molecular weight is 320 g/mol. The molecule has 23 heavy (non-hydrogen) atoms. The number of H-pyrrole nitrogens is 1. The second-order valence-electron chi connectivity index (χ2n) is 5.83. The number of benzene rings is 1. The average Bonchev–Trinajstić information content (AvgIpc) is 2.90. The van der Waals surface area contributed by atoms with E-state index >= 15 is 0 Å². The molecule has 1 aliphatic rings. The lowest BCUT2D eigenvalue weighted by atomic mass is 9.86. The first-order valence-electron chi connectivity index (χ1n) is 7.38. The van der Waals surface area contributed by atoms with Crippen LogP contribution in [0.25, 0.3) is 10.9 Å². The van der Waals surface area contributed by atoms with E-state index in [0.717, 1.165) is 0 Å². The van der Waals surface area contributed by atoms with Crippen LogP contribution in [0, 0.1) is 5.82 Å². The van der Waals surface area contributed by atoms with E-state index in [1.165, 1.54) is 12.1 Å². The highest BCUT2D eigenvalue weighted by Gasteiger charge is 2.36. The number of carboxylic acid groups (broad SMARTS) is 1. The van der Waals surface area contributed by atoms with E-state index in [2.05, 4.69) is 10.3 Å². The predicted molar refractivity (Wildman–Crippen MR) is 80.8 cm³/mol. The number of carboxylic acids is 1. The molecule has 0 aliphatic carbocycles. The van der Waals surface area contributed by atoms with Crippen LogP contribution in [0.5, 0.6) is 0 Å². The van der Waals surface area contributed by atoms with Crippen LogP contribution in [0.4, 0.5) is 4.39 Å². The summed E-state index contributed by atoms with van der Waals surface area (Å²) in [4.78, 5) is 26.5. The number of hydrogen-bond donors (Lipinski definition) is 3. The summed E-state index contributed by atoms with van der Waals surface area (Å²) in [5.41, 5.74) is 0.113. The zero-order valence-electron chi connectivity index (χ0n) is 12.4. The minimum Gasteiger partial charge on any atom is -0.481 e. The van der Waals surface area contributed by atoms with Crippen molar-refractivity contribution in [3.63, 3.8) is 0 Å². The summed E-state index contributed by atoms with van der Waals surface area (Å²) in [6, 6.07) is 5.76. The van der Waals surface area contributed by atoms with Gasteiger partial charge in [-0.15, -0.1) is 0 Å². The number of hydrogen-bond acceptors (Lipinski definition) is 3. The molecule has 1 aromatic carbocycles. The minimum atomic E-state index is -0.967. The molecular weight excluding hydrogens is 303 g/mol. The molecule has 3 N–H and O–H groups in total. The van der Waals surface area contributed by atoms with Gasteiger partial charge in [0.05, 0.1) is 12.0 Å². The fourth-order valence-electron chi connectivity index (χ4n) is 2.93. The Morgan fingerprint density at radius 1 is 1.30 bits per heavy atom. The largest absolute Gasteiger partial charge is 0.481 e. The van der Waals surface area contributed by atoms with Gasteiger partial charge in [0.1, 0.15) is 11.5 Å². The van der Waals surface area contributed by atoms with E-state index in [1.54, 1.807) is 12.1 Å². The predicted octanol–water partition coefficient (Wildman–Crippen LogP) is 2.06. The maximum atomic E-state index is 13.2. The van der Waals surface area contributed by atoms with Crippen molar-refractivity contribution in [3.8, 4) is 0 Å². The van der Waals surface area contributed by atoms with Gasteiger partial charge in [-0.2, -0.15) is 0 Å². The fraction of sp³-hybridized carbons (Fsp3) is 0.375. The van der Waals surface area contributed by atoms with Crippen LogP contribution >= 0.6 is 0 Å². The van der Waals surface area contributed by atoms with E-state index in [1.807, 2.05) is 0 Å². The molecule has 7 heteroatoms. The van der Waals surface area contributed by atoms with Crippen LogP contribution < -0.4 is 5.32 Å².